The zero-order valence-corrected chi connectivity index (χ0v) is 14.3. The van der Waals surface area contributed by atoms with Crippen molar-refractivity contribution in [2.75, 3.05) is 33.7 Å². The van der Waals surface area contributed by atoms with E-state index in [-0.39, 0.29) is 31.7 Å². The fourth-order valence-corrected chi connectivity index (χ4v) is 2.47. The van der Waals surface area contributed by atoms with E-state index in [2.05, 4.69) is 5.43 Å². The summed E-state index contributed by atoms with van der Waals surface area (Å²) in [6, 6.07) is 0. The number of amides is 1. The van der Waals surface area contributed by atoms with Gasteiger partial charge in [0.15, 0.2) is 5.78 Å². The summed E-state index contributed by atoms with van der Waals surface area (Å²) in [5.74, 6) is 5.21. The number of hydrogen-bond acceptors (Lipinski definition) is 7. The van der Waals surface area contributed by atoms with Crippen LogP contribution in [-0.4, -0.2) is 72.2 Å². The van der Waals surface area contributed by atoms with Gasteiger partial charge in [0.25, 0.3) is 0 Å². The van der Waals surface area contributed by atoms with Gasteiger partial charge in [-0.15, -0.1) is 0 Å². The Hall–Kier alpha value is -1.64. The van der Waals surface area contributed by atoms with Crippen molar-refractivity contribution in [2.45, 2.75) is 38.4 Å². The van der Waals surface area contributed by atoms with E-state index in [9.17, 15) is 14.7 Å². The Morgan fingerprint density at radius 2 is 2.22 bits per heavy atom. The highest BCUT2D eigenvalue weighted by Gasteiger charge is 2.31. The summed E-state index contributed by atoms with van der Waals surface area (Å²) in [6.45, 7) is 4.26. The summed E-state index contributed by atoms with van der Waals surface area (Å²) >= 11 is 0. The molecule has 8 heteroatoms. The molecule has 0 bridgehead atoms. The highest BCUT2D eigenvalue weighted by atomic mass is 16.6. The molecule has 0 saturated carbocycles. The highest BCUT2D eigenvalue weighted by molar-refractivity contribution is 5.97. The fourth-order valence-electron chi connectivity index (χ4n) is 2.47. The van der Waals surface area contributed by atoms with E-state index in [1.807, 2.05) is 14.1 Å². The molecule has 23 heavy (non-hydrogen) atoms. The number of carbonyl (C=O) groups excluding carboxylic acids is 2. The lowest BCUT2D eigenvalue weighted by atomic mass is 10.0. The lowest BCUT2D eigenvalue weighted by Gasteiger charge is -2.33. The van der Waals surface area contributed by atoms with Crippen LogP contribution in [-0.2, 0) is 9.53 Å². The molecule has 8 nitrogen and oxygen atoms in total. The number of ketones is 1. The number of hydrazine groups is 1. The number of Topliss-reactive ketones (excluding diaryl/α,β-unsaturated/α-hetero) is 1. The molecule has 1 fully saturated rings. The summed E-state index contributed by atoms with van der Waals surface area (Å²) in [5.41, 5.74) is 2.14. The largest absolute Gasteiger partial charge is 0.443 e. The number of nitrogens with one attached hydrogen (secondary N) is 1. The Bertz CT molecular complexity index is 462. The number of nitrogens with zero attached hydrogens (tertiary/aromatic N) is 2. The molecule has 1 aliphatic heterocycles. The molecular weight excluding hydrogens is 300 g/mol. The highest BCUT2D eigenvalue weighted by Crippen LogP contribution is 2.21. The van der Waals surface area contributed by atoms with Crippen LogP contribution < -0.4 is 11.3 Å². The second-order valence-corrected chi connectivity index (χ2v) is 6.61. The van der Waals surface area contributed by atoms with Gasteiger partial charge in [-0.25, -0.2) is 4.79 Å². The van der Waals surface area contributed by atoms with Crippen LogP contribution in [0, 0.1) is 0 Å². The van der Waals surface area contributed by atoms with Crippen LogP contribution in [0.2, 0.25) is 0 Å². The minimum absolute atomic E-state index is 0.0476. The molecule has 1 heterocycles. The number of carbonyl (C=O) groups is 2. The molecule has 0 aromatic rings. The summed E-state index contributed by atoms with van der Waals surface area (Å²) < 4.78 is 5.49. The van der Waals surface area contributed by atoms with Crippen molar-refractivity contribution in [1.82, 2.24) is 15.2 Å². The molecule has 0 aromatic heterocycles. The van der Waals surface area contributed by atoms with Gasteiger partial charge in [0.2, 0.25) is 0 Å². The first-order chi connectivity index (χ1) is 10.6. The predicted molar refractivity (Wildman–Crippen MR) is 86.3 cm³/mol. The molecule has 0 radical (unpaired) electrons. The lowest BCUT2D eigenvalue weighted by molar-refractivity contribution is -0.117. The van der Waals surface area contributed by atoms with Gasteiger partial charge in [0, 0.05) is 51.8 Å². The Kier molecular flexibility index (Phi) is 6.99. The predicted octanol–water partition coefficient (Wildman–Crippen LogP) is -0.164. The molecule has 1 saturated heterocycles. The maximum atomic E-state index is 12.3. The third kappa shape index (κ3) is 6.55. The summed E-state index contributed by atoms with van der Waals surface area (Å²) in [5, 5.41) is 9.78. The topological polar surface area (TPSA) is 108 Å². The van der Waals surface area contributed by atoms with E-state index >= 15 is 0 Å². The van der Waals surface area contributed by atoms with E-state index in [0.29, 0.717) is 12.1 Å². The van der Waals surface area contributed by atoms with Crippen molar-refractivity contribution in [3.05, 3.63) is 11.8 Å². The van der Waals surface area contributed by atoms with Gasteiger partial charge in [-0.05, 0) is 13.8 Å². The molecule has 1 rings (SSSR count). The zero-order chi connectivity index (χ0) is 17.6. The van der Waals surface area contributed by atoms with Crippen molar-refractivity contribution < 1.29 is 19.4 Å². The Labute approximate surface area is 137 Å². The third-order valence-electron chi connectivity index (χ3n) is 3.44. The van der Waals surface area contributed by atoms with Gasteiger partial charge in [0.1, 0.15) is 5.60 Å². The first-order valence-corrected chi connectivity index (χ1v) is 7.64. The van der Waals surface area contributed by atoms with Gasteiger partial charge in [0.05, 0.1) is 12.6 Å². The number of nitrogens with two attached hydrogens (primary N) is 1. The smallest absolute Gasteiger partial charge is 0.410 e. The van der Waals surface area contributed by atoms with Gasteiger partial charge in [-0.2, -0.15) is 0 Å². The number of ether oxygens (including phenoxy) is 1. The van der Waals surface area contributed by atoms with Crippen molar-refractivity contribution in [1.29, 1.82) is 0 Å². The molecule has 0 aliphatic carbocycles. The van der Waals surface area contributed by atoms with E-state index in [0.717, 1.165) is 0 Å². The Morgan fingerprint density at radius 1 is 1.57 bits per heavy atom. The third-order valence-corrected chi connectivity index (χ3v) is 3.44. The maximum absolute atomic E-state index is 12.3. The monoisotopic (exact) mass is 328 g/mol. The van der Waals surface area contributed by atoms with Crippen LogP contribution in [0.15, 0.2) is 11.8 Å². The minimum Gasteiger partial charge on any atom is -0.443 e. The fraction of sp³-hybridized carbons (Fsp3) is 0.733. The lowest BCUT2D eigenvalue weighted by Crippen LogP contribution is -2.45. The molecular formula is C15H28N4O4. The van der Waals surface area contributed by atoms with Crippen molar-refractivity contribution in [3.8, 4) is 0 Å². The van der Waals surface area contributed by atoms with Gasteiger partial charge in [-0.1, -0.05) is 0 Å². The molecule has 1 unspecified atom stereocenters. The van der Waals surface area contributed by atoms with E-state index in [4.69, 9.17) is 10.6 Å². The van der Waals surface area contributed by atoms with E-state index in [1.54, 1.807) is 24.9 Å². The van der Waals surface area contributed by atoms with Crippen LogP contribution in [0.25, 0.3) is 0 Å². The normalized spacial score (nSPS) is 19.0. The standard InChI is InChI=1S/C15H28N4O4/c1-15(2,7-12(20)8-17-16)23-14(22)19-6-5-13(21)11(10-19)9-18(3)4/h9,12,17,20H,5-8,10,16H2,1-4H3. The van der Waals surface area contributed by atoms with Crippen LogP contribution >= 0.6 is 0 Å². The Morgan fingerprint density at radius 3 is 2.78 bits per heavy atom. The molecule has 4 N–H and O–H groups in total. The Balaban J connectivity index is 2.65. The number of rotatable bonds is 6. The molecule has 1 aliphatic rings. The minimum atomic E-state index is -0.833. The van der Waals surface area contributed by atoms with Crippen LogP contribution in [0.3, 0.4) is 0 Å². The summed E-state index contributed by atoms with van der Waals surface area (Å²) in [4.78, 5) is 27.5. The van der Waals surface area contributed by atoms with E-state index in [1.165, 1.54) is 4.90 Å². The average molecular weight is 328 g/mol. The van der Waals surface area contributed by atoms with Crippen LogP contribution in [0.1, 0.15) is 26.7 Å². The molecule has 1 amide bonds. The van der Waals surface area contributed by atoms with Crippen LogP contribution in [0.4, 0.5) is 4.79 Å². The maximum Gasteiger partial charge on any atom is 0.410 e. The second kappa shape index (κ2) is 8.28. The van der Waals surface area contributed by atoms with Crippen molar-refractivity contribution >= 4 is 11.9 Å². The second-order valence-electron chi connectivity index (χ2n) is 6.61. The molecule has 1 atom stereocenters. The van der Waals surface area contributed by atoms with Crippen molar-refractivity contribution in [2.24, 2.45) is 5.84 Å². The molecule has 0 aromatic carbocycles. The quantitative estimate of drug-likeness (QED) is 0.353. The summed E-state index contributed by atoms with van der Waals surface area (Å²) in [7, 11) is 3.65. The number of aliphatic hydroxyl groups excluding tert-OH is 1. The van der Waals surface area contributed by atoms with Crippen molar-refractivity contribution in [3.63, 3.8) is 0 Å². The van der Waals surface area contributed by atoms with Crippen LogP contribution in [0.5, 0.6) is 0 Å². The first-order valence-electron chi connectivity index (χ1n) is 7.64. The SMILES string of the molecule is CN(C)C=C1CN(C(=O)OC(C)(C)CC(O)CNN)CCC1=O. The number of piperidine rings is 1. The first kappa shape index (κ1) is 19.4. The molecule has 0 spiro atoms. The zero-order valence-electron chi connectivity index (χ0n) is 14.3. The number of hydrogen-bond donors (Lipinski definition) is 3. The molecule has 132 valence electrons. The van der Waals surface area contributed by atoms with Gasteiger partial charge in [-0.3, -0.25) is 16.1 Å². The van der Waals surface area contributed by atoms with Gasteiger partial charge >= 0.3 is 6.09 Å². The number of aliphatic hydroxyl groups is 1. The van der Waals surface area contributed by atoms with E-state index < -0.39 is 17.8 Å². The number of likely N-dealkylation sites (tertiary alicyclic amines) is 1. The summed E-state index contributed by atoms with van der Waals surface area (Å²) in [6.07, 6.45) is 1.07. The average Bonchev–Trinajstić information content (AvgIpc) is 2.39. The van der Waals surface area contributed by atoms with Gasteiger partial charge < -0.3 is 19.6 Å².